The number of carbonyl (C=O) groups is 2. The predicted octanol–water partition coefficient (Wildman–Crippen LogP) is 3.49. The minimum atomic E-state index is -0.560. The van der Waals surface area contributed by atoms with Gasteiger partial charge in [-0.1, -0.05) is 6.07 Å². The number of hydrogen-bond donors (Lipinski definition) is 1. The Hall–Kier alpha value is -2.16. The Labute approximate surface area is 160 Å². The highest BCUT2D eigenvalue weighted by Crippen LogP contribution is 2.29. The monoisotopic (exact) mass is 427 g/mol. The lowest BCUT2D eigenvalue weighted by Crippen LogP contribution is -2.47. The van der Waals surface area contributed by atoms with E-state index in [0.29, 0.717) is 25.9 Å². The Morgan fingerprint density at radius 2 is 1.92 bits per heavy atom. The number of nitro benzene ring substituents is 1. The average molecular weight is 428 g/mol. The Morgan fingerprint density at radius 3 is 2.46 bits per heavy atom. The predicted molar refractivity (Wildman–Crippen MR) is 99.1 cm³/mol. The summed E-state index contributed by atoms with van der Waals surface area (Å²) in [5.41, 5.74) is -0.440. The lowest BCUT2D eigenvalue weighted by Gasteiger charge is -2.33. The molecule has 142 valence electrons. The Balaban J connectivity index is 1.96. The van der Waals surface area contributed by atoms with Crippen molar-refractivity contribution in [3.05, 3.63) is 38.3 Å². The molecule has 1 aromatic carbocycles. The number of carbonyl (C=O) groups excluding carboxylic acids is 2. The van der Waals surface area contributed by atoms with E-state index in [-0.39, 0.29) is 27.7 Å². The molecule has 0 bridgehead atoms. The van der Waals surface area contributed by atoms with Crippen molar-refractivity contribution in [3.8, 4) is 0 Å². The first-order chi connectivity index (χ1) is 12.1. The Bertz CT molecular complexity index is 709. The molecule has 0 atom stereocenters. The summed E-state index contributed by atoms with van der Waals surface area (Å²) in [6.45, 7) is 6.29. The number of nitrogens with zero attached hydrogens (tertiary/aromatic N) is 2. The van der Waals surface area contributed by atoms with Gasteiger partial charge in [0, 0.05) is 25.2 Å². The number of hydrogen-bond acceptors (Lipinski definition) is 5. The van der Waals surface area contributed by atoms with E-state index < -0.39 is 16.6 Å². The molecule has 0 aromatic heterocycles. The maximum atomic E-state index is 12.7. The van der Waals surface area contributed by atoms with Crippen LogP contribution >= 0.6 is 15.9 Å². The van der Waals surface area contributed by atoms with Crippen molar-refractivity contribution in [1.82, 2.24) is 10.2 Å². The first kappa shape index (κ1) is 20.2. The van der Waals surface area contributed by atoms with Gasteiger partial charge in [0.1, 0.15) is 10.1 Å². The van der Waals surface area contributed by atoms with Crippen LogP contribution in [0.5, 0.6) is 0 Å². The van der Waals surface area contributed by atoms with Gasteiger partial charge in [-0.05, 0) is 55.6 Å². The summed E-state index contributed by atoms with van der Waals surface area (Å²) in [4.78, 5) is 36.6. The van der Waals surface area contributed by atoms with Gasteiger partial charge in [0.25, 0.3) is 11.6 Å². The summed E-state index contributed by atoms with van der Waals surface area (Å²) in [5.74, 6) is -0.267. The first-order valence-electron chi connectivity index (χ1n) is 8.30. The smallest absolute Gasteiger partial charge is 0.407 e. The van der Waals surface area contributed by atoms with Crippen LogP contribution in [0.4, 0.5) is 10.5 Å². The summed E-state index contributed by atoms with van der Waals surface area (Å²) < 4.78 is 5.42. The van der Waals surface area contributed by atoms with Crippen molar-refractivity contribution in [2.24, 2.45) is 0 Å². The molecule has 2 rings (SSSR count). The molecule has 1 heterocycles. The Kier molecular flexibility index (Phi) is 6.22. The highest BCUT2D eigenvalue weighted by atomic mass is 79.9. The quantitative estimate of drug-likeness (QED) is 0.587. The van der Waals surface area contributed by atoms with Gasteiger partial charge in [-0.3, -0.25) is 14.9 Å². The third kappa shape index (κ3) is 5.17. The van der Waals surface area contributed by atoms with E-state index in [1.807, 2.05) is 0 Å². The highest BCUT2D eigenvalue weighted by molar-refractivity contribution is 9.10. The zero-order chi connectivity index (χ0) is 19.5. The number of nitro groups is 1. The van der Waals surface area contributed by atoms with Gasteiger partial charge in [0.05, 0.1) is 10.5 Å². The van der Waals surface area contributed by atoms with Crippen LogP contribution in [0, 0.1) is 10.1 Å². The van der Waals surface area contributed by atoms with Gasteiger partial charge in [0.15, 0.2) is 0 Å². The van der Waals surface area contributed by atoms with E-state index >= 15 is 0 Å². The molecule has 2 amide bonds. The molecule has 1 aliphatic rings. The van der Waals surface area contributed by atoms with Crippen molar-refractivity contribution in [2.45, 2.75) is 45.3 Å². The summed E-state index contributed by atoms with van der Waals surface area (Å²) in [5, 5.41) is 13.8. The second-order valence-electron chi connectivity index (χ2n) is 7.11. The van der Waals surface area contributed by atoms with E-state index in [4.69, 9.17) is 4.74 Å². The molecule has 0 spiro atoms. The molecule has 8 nitrogen and oxygen atoms in total. The molecule has 1 aliphatic heterocycles. The molecule has 1 saturated heterocycles. The van der Waals surface area contributed by atoms with E-state index in [2.05, 4.69) is 21.2 Å². The van der Waals surface area contributed by atoms with E-state index in [1.54, 1.807) is 31.7 Å². The topological polar surface area (TPSA) is 102 Å². The number of amides is 2. The Morgan fingerprint density at radius 1 is 1.31 bits per heavy atom. The summed E-state index contributed by atoms with van der Waals surface area (Å²) in [6.07, 6.45) is 0.721. The van der Waals surface area contributed by atoms with Crippen LogP contribution in [-0.2, 0) is 4.74 Å². The minimum absolute atomic E-state index is 0.0672. The molecule has 9 heteroatoms. The molecule has 0 saturated carbocycles. The molecular weight excluding hydrogens is 406 g/mol. The van der Waals surface area contributed by atoms with Crippen LogP contribution in [0.15, 0.2) is 22.7 Å². The van der Waals surface area contributed by atoms with Gasteiger partial charge in [0.2, 0.25) is 0 Å². The fraction of sp³-hybridized carbons (Fsp3) is 0.529. The van der Waals surface area contributed by atoms with E-state index in [1.165, 1.54) is 12.1 Å². The maximum absolute atomic E-state index is 12.7. The van der Waals surface area contributed by atoms with Gasteiger partial charge in [-0.25, -0.2) is 4.79 Å². The maximum Gasteiger partial charge on any atom is 0.407 e. The average Bonchev–Trinajstić information content (AvgIpc) is 2.53. The summed E-state index contributed by atoms with van der Waals surface area (Å²) >= 11 is 3.16. The largest absolute Gasteiger partial charge is 0.444 e. The van der Waals surface area contributed by atoms with Crippen LogP contribution in [0.2, 0.25) is 0 Å². The van der Waals surface area contributed by atoms with Crippen molar-refractivity contribution in [3.63, 3.8) is 0 Å². The van der Waals surface area contributed by atoms with E-state index in [0.717, 1.165) is 0 Å². The number of nitrogens with one attached hydrogen (secondary N) is 1. The lowest BCUT2D eigenvalue weighted by molar-refractivity contribution is -0.385. The second-order valence-corrected chi connectivity index (χ2v) is 7.90. The fourth-order valence-corrected chi connectivity index (χ4v) is 3.28. The minimum Gasteiger partial charge on any atom is -0.444 e. The third-order valence-corrected chi connectivity index (χ3v) is 4.74. The molecule has 0 radical (unpaired) electrons. The zero-order valence-electron chi connectivity index (χ0n) is 15.0. The summed E-state index contributed by atoms with van der Waals surface area (Å²) in [7, 11) is 0. The highest BCUT2D eigenvalue weighted by Gasteiger charge is 2.28. The second kappa shape index (κ2) is 8.03. The molecular formula is C17H22BrN3O5. The van der Waals surface area contributed by atoms with Crippen molar-refractivity contribution < 1.29 is 19.2 Å². The SMILES string of the molecule is CC(C)(C)OC(=O)NC1CCN(C(=O)c2cccc([N+](=O)[O-])c2Br)CC1. The van der Waals surface area contributed by atoms with Gasteiger partial charge in [-0.2, -0.15) is 0 Å². The van der Waals surface area contributed by atoms with Gasteiger partial charge >= 0.3 is 6.09 Å². The van der Waals surface area contributed by atoms with Gasteiger partial charge in [-0.15, -0.1) is 0 Å². The molecule has 26 heavy (non-hydrogen) atoms. The van der Waals surface area contributed by atoms with Gasteiger partial charge < -0.3 is 15.0 Å². The number of benzene rings is 1. The molecule has 1 N–H and O–H groups in total. The lowest BCUT2D eigenvalue weighted by atomic mass is 10.0. The number of piperidine rings is 1. The molecule has 1 aromatic rings. The molecule has 0 unspecified atom stereocenters. The normalized spacial score (nSPS) is 15.5. The zero-order valence-corrected chi connectivity index (χ0v) is 16.5. The summed E-state index contributed by atoms with van der Waals surface area (Å²) in [6, 6.07) is 4.33. The molecule has 1 fully saturated rings. The van der Waals surface area contributed by atoms with Crippen LogP contribution < -0.4 is 5.32 Å². The molecule has 0 aliphatic carbocycles. The van der Waals surface area contributed by atoms with Crippen molar-refractivity contribution in [2.75, 3.05) is 13.1 Å². The fourth-order valence-electron chi connectivity index (χ4n) is 2.70. The van der Waals surface area contributed by atoms with Crippen molar-refractivity contribution in [1.29, 1.82) is 0 Å². The van der Waals surface area contributed by atoms with Crippen LogP contribution in [0.3, 0.4) is 0 Å². The van der Waals surface area contributed by atoms with Crippen LogP contribution in [0.1, 0.15) is 44.0 Å². The number of likely N-dealkylation sites (tertiary alicyclic amines) is 1. The van der Waals surface area contributed by atoms with Crippen LogP contribution in [0.25, 0.3) is 0 Å². The standard InChI is InChI=1S/C17H22BrN3O5/c1-17(2,3)26-16(23)19-11-7-9-20(10-8-11)15(22)12-5-4-6-13(14(12)18)21(24)25/h4-6,11H,7-10H2,1-3H3,(H,19,23). The van der Waals surface area contributed by atoms with Crippen LogP contribution in [-0.4, -0.2) is 46.6 Å². The number of rotatable bonds is 3. The first-order valence-corrected chi connectivity index (χ1v) is 9.09. The number of halogens is 1. The van der Waals surface area contributed by atoms with E-state index in [9.17, 15) is 19.7 Å². The van der Waals surface area contributed by atoms with Crippen molar-refractivity contribution >= 4 is 33.6 Å². The number of alkyl carbamates (subject to hydrolysis) is 1. The third-order valence-electron chi connectivity index (χ3n) is 3.91. The number of ether oxygens (including phenoxy) is 1.